The Labute approximate surface area is 277 Å². The average molecular weight is 649 g/mol. The van der Waals surface area contributed by atoms with Gasteiger partial charge in [-0.3, -0.25) is 23.5 Å². The van der Waals surface area contributed by atoms with E-state index >= 15 is 0 Å². The Balaban J connectivity index is 1.81. The quantitative estimate of drug-likeness (QED) is 0.138. The van der Waals surface area contributed by atoms with Crippen molar-refractivity contribution in [2.45, 2.75) is 53.6 Å². The van der Waals surface area contributed by atoms with E-state index in [1.54, 1.807) is 26.4 Å². The normalized spacial score (nSPS) is 12.2. The van der Waals surface area contributed by atoms with Crippen LogP contribution >= 0.6 is 0 Å². The summed E-state index contributed by atoms with van der Waals surface area (Å²) < 4.78 is 13.0. The highest BCUT2D eigenvalue weighted by atomic mass is 16.5. The summed E-state index contributed by atoms with van der Waals surface area (Å²) in [6, 6.07) is 15.2. The van der Waals surface area contributed by atoms with Gasteiger partial charge in [-0.1, -0.05) is 12.1 Å². The number of nitrogens with one attached hydrogen (secondary N) is 1. The molecule has 0 radical (unpaired) electrons. The minimum atomic E-state index is -0.490. The second-order valence-electron chi connectivity index (χ2n) is 12.6. The summed E-state index contributed by atoms with van der Waals surface area (Å²) in [6.07, 6.45) is 0.928. The molecule has 248 valence electrons. The molecule has 2 N–H and O–H groups in total. The smallest absolute Gasteiger partial charge is 0.263 e. The van der Waals surface area contributed by atoms with Crippen molar-refractivity contribution < 1.29 is 14.6 Å². The first kappa shape index (κ1) is 32.9. The van der Waals surface area contributed by atoms with Crippen LogP contribution in [0.25, 0.3) is 32.7 Å². The number of hydrogen-bond donors (Lipinski definition) is 2. The lowest BCUT2D eigenvalue weighted by atomic mass is 9.89. The number of benzene rings is 4. The van der Waals surface area contributed by atoms with Gasteiger partial charge in [-0.25, -0.2) is 4.99 Å². The van der Waals surface area contributed by atoms with Crippen molar-refractivity contribution in [3.8, 4) is 17.0 Å². The number of anilines is 2. The molecule has 10 nitrogen and oxygen atoms in total. The summed E-state index contributed by atoms with van der Waals surface area (Å²) in [5.74, 6) is -0.254. The molecule has 0 amide bonds. The van der Waals surface area contributed by atoms with E-state index in [2.05, 4.69) is 11.4 Å². The van der Waals surface area contributed by atoms with Gasteiger partial charge in [0.2, 0.25) is 5.88 Å². The molecule has 1 aromatic heterocycles. The SMILES string of the molecule is COCCCn1c(O)c2cc(Nc3cc(C)cc(C)c3)c3c4c2c(c(=Nc2cc(C)cc(C)c2)cc-4c(=O)n(CCCOC)c3=O)c1=O. The predicted octanol–water partition coefficient (Wildman–Crippen LogP) is 5.65. The van der Waals surface area contributed by atoms with Crippen LogP contribution in [-0.4, -0.2) is 41.7 Å². The molecule has 0 spiro atoms. The van der Waals surface area contributed by atoms with Crippen LogP contribution in [-0.2, 0) is 22.6 Å². The number of hydrogen-bond acceptors (Lipinski definition) is 8. The number of aryl methyl sites for hydroxylation is 4. The molecular formula is C38H40N4O6. The van der Waals surface area contributed by atoms with E-state index in [0.29, 0.717) is 59.1 Å². The number of ether oxygens (including phenoxy) is 2. The van der Waals surface area contributed by atoms with Crippen molar-refractivity contribution in [3.05, 3.63) is 107 Å². The Kier molecular flexibility index (Phi) is 9.05. The first-order valence-corrected chi connectivity index (χ1v) is 16.1. The van der Waals surface area contributed by atoms with Gasteiger partial charge < -0.3 is 19.9 Å². The van der Waals surface area contributed by atoms with Gasteiger partial charge in [-0.05, 0) is 99.2 Å². The van der Waals surface area contributed by atoms with E-state index in [-0.39, 0.29) is 35.3 Å². The van der Waals surface area contributed by atoms with E-state index in [1.165, 1.54) is 9.13 Å². The predicted molar refractivity (Wildman–Crippen MR) is 190 cm³/mol. The number of methoxy groups -OCH3 is 2. The van der Waals surface area contributed by atoms with Crippen molar-refractivity contribution in [2.24, 2.45) is 4.99 Å². The summed E-state index contributed by atoms with van der Waals surface area (Å²) in [5, 5.41) is 16.6. The Hall–Kier alpha value is -5.06. The third-order valence-corrected chi connectivity index (χ3v) is 8.69. The summed E-state index contributed by atoms with van der Waals surface area (Å²) in [4.78, 5) is 47.9. The van der Waals surface area contributed by atoms with Crippen LogP contribution in [0.4, 0.5) is 17.1 Å². The Morgan fingerprint density at radius 2 is 1.25 bits per heavy atom. The Bertz CT molecular complexity index is 2340. The summed E-state index contributed by atoms with van der Waals surface area (Å²) in [5.41, 5.74) is 4.97. The number of pyridine rings is 2. The van der Waals surface area contributed by atoms with Gasteiger partial charge in [-0.15, -0.1) is 0 Å². The second-order valence-corrected chi connectivity index (χ2v) is 12.6. The molecule has 1 aliphatic carbocycles. The lowest BCUT2D eigenvalue weighted by Crippen LogP contribution is -2.37. The maximum atomic E-state index is 14.4. The van der Waals surface area contributed by atoms with Crippen LogP contribution in [0.2, 0.25) is 0 Å². The number of aromatic hydroxyl groups is 1. The molecule has 0 saturated heterocycles. The van der Waals surface area contributed by atoms with Crippen LogP contribution in [0.1, 0.15) is 35.1 Å². The molecule has 0 saturated carbocycles. The standard InChI is InChI=1S/C38H40N4O6/c1-21-13-22(2)16-25(15-21)39-29-19-27-32-31-28(36(44)41(9-7-11-47-5)37(45)33(29)31)20-30(40-26-17-23(3)14-24(4)18-26)34(32)38(46)42(35(27)43)10-8-12-48-6/h13-20,39,43H,7-12H2,1-6H3. The number of nitrogens with zero attached hydrogens (tertiary/aromatic N) is 3. The zero-order valence-corrected chi connectivity index (χ0v) is 28.2. The third-order valence-electron chi connectivity index (χ3n) is 8.69. The molecule has 0 fully saturated rings. The number of rotatable bonds is 11. The van der Waals surface area contributed by atoms with Crippen LogP contribution in [0, 0.1) is 27.7 Å². The van der Waals surface area contributed by atoms with Crippen molar-refractivity contribution in [1.82, 2.24) is 9.13 Å². The molecule has 0 bridgehead atoms. The highest BCUT2D eigenvalue weighted by Crippen LogP contribution is 2.41. The van der Waals surface area contributed by atoms with Crippen molar-refractivity contribution in [1.29, 1.82) is 0 Å². The Morgan fingerprint density at radius 3 is 1.85 bits per heavy atom. The summed E-state index contributed by atoms with van der Waals surface area (Å²) >= 11 is 0. The zero-order valence-electron chi connectivity index (χ0n) is 28.2. The van der Waals surface area contributed by atoms with Gasteiger partial charge in [0.05, 0.1) is 33.1 Å². The summed E-state index contributed by atoms with van der Waals surface area (Å²) in [7, 11) is 3.15. The molecule has 0 atom stereocenters. The van der Waals surface area contributed by atoms with E-state index in [4.69, 9.17) is 14.5 Å². The van der Waals surface area contributed by atoms with Gasteiger partial charge >= 0.3 is 0 Å². The van der Waals surface area contributed by atoms with E-state index in [1.807, 2.05) is 58.0 Å². The highest BCUT2D eigenvalue weighted by molar-refractivity contribution is 6.19. The fraction of sp³-hybridized carbons (Fsp3) is 0.316. The van der Waals surface area contributed by atoms with Gasteiger partial charge in [0.1, 0.15) is 0 Å². The Morgan fingerprint density at radius 1 is 0.688 bits per heavy atom. The lowest BCUT2D eigenvalue weighted by Gasteiger charge is -2.22. The van der Waals surface area contributed by atoms with E-state index in [0.717, 1.165) is 27.9 Å². The molecular weight excluding hydrogens is 608 g/mol. The van der Waals surface area contributed by atoms with Crippen LogP contribution in [0.3, 0.4) is 0 Å². The van der Waals surface area contributed by atoms with Crippen molar-refractivity contribution >= 4 is 38.6 Å². The van der Waals surface area contributed by atoms with Gasteiger partial charge in [0, 0.05) is 62.5 Å². The van der Waals surface area contributed by atoms with Crippen LogP contribution < -0.4 is 27.4 Å². The fourth-order valence-electron chi connectivity index (χ4n) is 6.84. The highest BCUT2D eigenvalue weighted by Gasteiger charge is 2.29. The van der Waals surface area contributed by atoms with Gasteiger partial charge in [0.25, 0.3) is 16.7 Å². The largest absolute Gasteiger partial charge is 0.494 e. The molecule has 3 aromatic carbocycles. The first-order valence-electron chi connectivity index (χ1n) is 16.1. The second kappa shape index (κ2) is 13.2. The number of aromatic nitrogens is 2. The average Bonchev–Trinajstić information content (AvgIpc) is 3.01. The fourth-order valence-corrected chi connectivity index (χ4v) is 6.84. The molecule has 10 heteroatoms. The minimum absolute atomic E-state index is 0.145. The molecule has 0 unspecified atom stereocenters. The zero-order chi connectivity index (χ0) is 34.3. The van der Waals surface area contributed by atoms with E-state index < -0.39 is 16.7 Å². The van der Waals surface area contributed by atoms with Crippen molar-refractivity contribution in [3.63, 3.8) is 0 Å². The maximum Gasteiger partial charge on any atom is 0.263 e. The van der Waals surface area contributed by atoms with Crippen molar-refractivity contribution in [2.75, 3.05) is 32.8 Å². The summed E-state index contributed by atoms with van der Waals surface area (Å²) in [6.45, 7) is 9.01. The molecule has 4 aromatic rings. The molecule has 6 rings (SSSR count). The van der Waals surface area contributed by atoms with E-state index in [9.17, 15) is 19.5 Å². The minimum Gasteiger partial charge on any atom is -0.494 e. The van der Waals surface area contributed by atoms with Crippen LogP contribution in [0.15, 0.2) is 67.9 Å². The topological polar surface area (TPSA) is 124 Å². The molecule has 2 aliphatic rings. The van der Waals surface area contributed by atoms with Gasteiger partial charge in [0.15, 0.2) is 0 Å². The maximum absolute atomic E-state index is 14.4. The first-order chi connectivity index (χ1) is 23.0. The molecule has 1 aliphatic heterocycles. The lowest BCUT2D eigenvalue weighted by molar-refractivity contribution is 0.189. The van der Waals surface area contributed by atoms with Crippen LogP contribution in [0.5, 0.6) is 5.88 Å². The monoisotopic (exact) mass is 648 g/mol. The third kappa shape index (κ3) is 5.93. The van der Waals surface area contributed by atoms with Gasteiger partial charge in [-0.2, -0.15) is 0 Å². The molecule has 48 heavy (non-hydrogen) atoms. The molecule has 2 heterocycles.